The molecule has 0 amide bonds. The summed E-state index contributed by atoms with van der Waals surface area (Å²) < 4.78 is 0. The van der Waals surface area contributed by atoms with E-state index in [1.807, 2.05) is 7.05 Å². The van der Waals surface area contributed by atoms with E-state index in [-0.39, 0.29) is 24.0 Å². The van der Waals surface area contributed by atoms with Gasteiger partial charge in [-0.05, 0) is 55.5 Å². The van der Waals surface area contributed by atoms with Gasteiger partial charge in [-0.25, -0.2) is 0 Å². The molecule has 0 spiro atoms. The van der Waals surface area contributed by atoms with Gasteiger partial charge in [-0.1, -0.05) is 18.2 Å². The number of thiophene rings is 1. The minimum absolute atomic E-state index is 0. The lowest BCUT2D eigenvalue weighted by Crippen LogP contribution is -2.46. The monoisotopic (exact) mass is 527 g/mol. The zero-order chi connectivity index (χ0) is 19.6. The van der Waals surface area contributed by atoms with Crippen molar-refractivity contribution in [2.45, 2.75) is 26.3 Å². The lowest BCUT2D eigenvalue weighted by molar-refractivity contribution is 0.253. The Morgan fingerprint density at radius 1 is 1.07 bits per heavy atom. The third-order valence-electron chi connectivity index (χ3n) is 5.17. The molecule has 0 atom stereocenters. The van der Waals surface area contributed by atoms with Gasteiger partial charge >= 0.3 is 0 Å². The summed E-state index contributed by atoms with van der Waals surface area (Å²) in [6, 6.07) is 13.1. The van der Waals surface area contributed by atoms with Crippen LogP contribution < -0.4 is 15.5 Å². The van der Waals surface area contributed by atoms with Crippen molar-refractivity contribution in [2.24, 2.45) is 4.99 Å². The standard InChI is InChI=1S/C22H33N5S.HI/c1-19-7-5-8-20(17-19)27-14-12-26(13-15-27)11-4-3-10-24-22(23-2)25-18-21-9-6-16-28-21;/h5-9,16-17H,3-4,10-15,18H2,1-2H3,(H2,23,24,25);1H. The largest absolute Gasteiger partial charge is 0.369 e. The number of nitrogens with zero attached hydrogens (tertiary/aromatic N) is 3. The van der Waals surface area contributed by atoms with Gasteiger partial charge in [0.05, 0.1) is 6.54 Å². The van der Waals surface area contributed by atoms with Crippen LogP contribution in [0.25, 0.3) is 0 Å². The number of piperazine rings is 1. The molecule has 1 aromatic carbocycles. The van der Waals surface area contributed by atoms with Crippen molar-refractivity contribution in [2.75, 3.05) is 51.2 Å². The number of halogens is 1. The summed E-state index contributed by atoms with van der Waals surface area (Å²) in [5.41, 5.74) is 2.71. The molecule has 0 unspecified atom stereocenters. The Labute approximate surface area is 196 Å². The number of hydrogen-bond donors (Lipinski definition) is 2. The molecule has 1 aliphatic rings. The van der Waals surface area contributed by atoms with Crippen LogP contribution in [0.1, 0.15) is 23.3 Å². The quantitative estimate of drug-likeness (QED) is 0.236. The Hall–Kier alpha value is -1.32. The van der Waals surface area contributed by atoms with Gasteiger partial charge in [-0.15, -0.1) is 35.3 Å². The van der Waals surface area contributed by atoms with Gasteiger partial charge in [0.1, 0.15) is 0 Å². The Kier molecular flexibility index (Phi) is 10.8. The average molecular weight is 528 g/mol. The summed E-state index contributed by atoms with van der Waals surface area (Å²) in [4.78, 5) is 10.7. The molecule has 0 saturated carbocycles. The third-order valence-corrected chi connectivity index (χ3v) is 6.04. The number of hydrogen-bond acceptors (Lipinski definition) is 4. The van der Waals surface area contributed by atoms with Crippen LogP contribution >= 0.6 is 35.3 Å². The molecule has 29 heavy (non-hydrogen) atoms. The lowest BCUT2D eigenvalue weighted by atomic mass is 10.2. The second kappa shape index (κ2) is 13.1. The summed E-state index contributed by atoms with van der Waals surface area (Å²) in [5.74, 6) is 0.889. The second-order valence-corrected chi connectivity index (χ2v) is 8.34. The van der Waals surface area contributed by atoms with E-state index >= 15 is 0 Å². The van der Waals surface area contributed by atoms with E-state index in [0.717, 1.165) is 51.6 Å². The maximum absolute atomic E-state index is 4.30. The van der Waals surface area contributed by atoms with Crippen molar-refractivity contribution >= 4 is 47.0 Å². The topological polar surface area (TPSA) is 42.9 Å². The molecule has 1 aliphatic heterocycles. The van der Waals surface area contributed by atoms with Crippen molar-refractivity contribution < 1.29 is 0 Å². The van der Waals surface area contributed by atoms with E-state index in [9.17, 15) is 0 Å². The van der Waals surface area contributed by atoms with Crippen LogP contribution in [0.2, 0.25) is 0 Å². The van der Waals surface area contributed by atoms with E-state index in [2.05, 4.69) is 74.1 Å². The van der Waals surface area contributed by atoms with Gasteiger partial charge < -0.3 is 15.5 Å². The van der Waals surface area contributed by atoms with Crippen molar-refractivity contribution in [3.63, 3.8) is 0 Å². The summed E-state index contributed by atoms with van der Waals surface area (Å²) in [7, 11) is 1.83. The van der Waals surface area contributed by atoms with Crippen molar-refractivity contribution in [3.8, 4) is 0 Å². The predicted molar refractivity (Wildman–Crippen MR) is 137 cm³/mol. The number of unbranched alkanes of at least 4 members (excludes halogenated alkanes) is 1. The molecule has 1 fully saturated rings. The van der Waals surface area contributed by atoms with E-state index < -0.39 is 0 Å². The van der Waals surface area contributed by atoms with Crippen LogP contribution in [0.15, 0.2) is 46.8 Å². The molecular weight excluding hydrogens is 493 g/mol. The minimum Gasteiger partial charge on any atom is -0.369 e. The van der Waals surface area contributed by atoms with Crippen LogP contribution in [0.4, 0.5) is 5.69 Å². The summed E-state index contributed by atoms with van der Waals surface area (Å²) >= 11 is 1.77. The number of benzene rings is 1. The van der Waals surface area contributed by atoms with Gasteiger partial charge in [0.2, 0.25) is 0 Å². The molecule has 1 aromatic heterocycles. The molecule has 1 saturated heterocycles. The highest BCUT2D eigenvalue weighted by Crippen LogP contribution is 2.17. The number of aliphatic imine (C=N–C) groups is 1. The molecule has 0 aliphatic carbocycles. The van der Waals surface area contributed by atoms with E-state index in [4.69, 9.17) is 0 Å². The van der Waals surface area contributed by atoms with Crippen LogP contribution in [0.5, 0.6) is 0 Å². The fraction of sp³-hybridized carbons (Fsp3) is 0.500. The molecule has 2 N–H and O–H groups in total. The molecule has 5 nitrogen and oxygen atoms in total. The zero-order valence-corrected chi connectivity index (χ0v) is 20.7. The molecule has 3 rings (SSSR count). The molecule has 0 bridgehead atoms. The Bertz CT molecular complexity index is 727. The van der Waals surface area contributed by atoms with Gasteiger partial charge in [0, 0.05) is 50.3 Å². The van der Waals surface area contributed by atoms with Gasteiger partial charge in [-0.2, -0.15) is 0 Å². The predicted octanol–water partition coefficient (Wildman–Crippen LogP) is 3.94. The molecule has 2 heterocycles. The fourth-order valence-corrected chi connectivity index (χ4v) is 4.17. The maximum Gasteiger partial charge on any atom is 0.191 e. The Morgan fingerprint density at radius 3 is 2.59 bits per heavy atom. The van der Waals surface area contributed by atoms with Crippen LogP contribution in [0.3, 0.4) is 0 Å². The number of rotatable bonds is 8. The Balaban J connectivity index is 0.00000300. The first-order chi connectivity index (χ1) is 13.7. The SMILES string of the molecule is CN=C(NCCCCN1CCN(c2cccc(C)c2)CC1)NCc1cccs1.I. The highest BCUT2D eigenvalue weighted by atomic mass is 127. The molecule has 160 valence electrons. The van der Waals surface area contributed by atoms with Gasteiger partial charge in [-0.3, -0.25) is 9.89 Å². The van der Waals surface area contributed by atoms with Crippen molar-refractivity contribution in [1.82, 2.24) is 15.5 Å². The fourth-order valence-electron chi connectivity index (χ4n) is 3.53. The first-order valence-corrected chi connectivity index (χ1v) is 11.1. The number of anilines is 1. The maximum atomic E-state index is 4.30. The first kappa shape index (κ1) is 24.0. The number of aryl methyl sites for hydroxylation is 1. The molecular formula is C22H34IN5S. The first-order valence-electron chi connectivity index (χ1n) is 10.3. The van der Waals surface area contributed by atoms with Crippen molar-refractivity contribution in [3.05, 3.63) is 52.2 Å². The summed E-state index contributed by atoms with van der Waals surface area (Å²) in [6.07, 6.45) is 2.39. The highest BCUT2D eigenvalue weighted by Gasteiger charge is 2.16. The average Bonchev–Trinajstić information content (AvgIpc) is 3.24. The highest BCUT2D eigenvalue weighted by molar-refractivity contribution is 14.0. The minimum atomic E-state index is 0. The van der Waals surface area contributed by atoms with Crippen molar-refractivity contribution in [1.29, 1.82) is 0 Å². The third kappa shape index (κ3) is 8.14. The number of nitrogens with one attached hydrogen (secondary N) is 2. The van der Waals surface area contributed by atoms with Crippen LogP contribution in [-0.2, 0) is 6.54 Å². The summed E-state index contributed by atoms with van der Waals surface area (Å²) in [5, 5.41) is 8.90. The van der Waals surface area contributed by atoms with Crippen LogP contribution in [-0.4, -0.2) is 57.2 Å². The second-order valence-electron chi connectivity index (χ2n) is 7.31. The zero-order valence-electron chi connectivity index (χ0n) is 17.6. The van der Waals surface area contributed by atoms with Gasteiger partial charge in [0.25, 0.3) is 0 Å². The van der Waals surface area contributed by atoms with Crippen LogP contribution in [0, 0.1) is 6.92 Å². The molecule has 7 heteroatoms. The number of guanidine groups is 1. The smallest absolute Gasteiger partial charge is 0.191 e. The molecule has 0 radical (unpaired) electrons. The van der Waals surface area contributed by atoms with E-state index in [0.29, 0.717) is 0 Å². The Morgan fingerprint density at radius 2 is 1.90 bits per heavy atom. The summed E-state index contributed by atoms with van der Waals surface area (Å²) in [6.45, 7) is 9.72. The normalized spacial score (nSPS) is 15.1. The van der Waals surface area contributed by atoms with Gasteiger partial charge in [0.15, 0.2) is 5.96 Å². The van der Waals surface area contributed by atoms with E-state index in [1.165, 1.54) is 29.1 Å². The molecule has 2 aromatic rings. The van der Waals surface area contributed by atoms with E-state index in [1.54, 1.807) is 11.3 Å². The lowest BCUT2D eigenvalue weighted by Gasteiger charge is -2.36.